The van der Waals surface area contributed by atoms with E-state index in [9.17, 15) is 14.4 Å². The first-order chi connectivity index (χ1) is 20.6. The molecule has 0 radical (unpaired) electrons. The molecule has 208 valence electrons. The van der Waals surface area contributed by atoms with Crippen molar-refractivity contribution >= 4 is 29.6 Å². The van der Waals surface area contributed by atoms with Crippen LogP contribution in [0.15, 0.2) is 102 Å². The number of aromatic nitrogens is 1. The maximum absolute atomic E-state index is 14.5. The summed E-state index contributed by atoms with van der Waals surface area (Å²) in [6, 6.07) is 26.3. The molecule has 0 unspecified atom stereocenters. The van der Waals surface area contributed by atoms with E-state index in [1.54, 1.807) is 48.8 Å². The maximum atomic E-state index is 14.5. The van der Waals surface area contributed by atoms with Crippen molar-refractivity contribution in [1.82, 2.24) is 10.4 Å². The van der Waals surface area contributed by atoms with Gasteiger partial charge in [0.05, 0.1) is 35.1 Å². The average Bonchev–Trinajstić information content (AvgIpc) is 3.31. The highest BCUT2D eigenvalue weighted by molar-refractivity contribution is 6.25. The number of imide groups is 1. The van der Waals surface area contributed by atoms with E-state index in [0.717, 1.165) is 28.7 Å². The normalized spacial score (nSPS) is 23.5. The van der Waals surface area contributed by atoms with Gasteiger partial charge in [-0.15, -0.1) is 0 Å². The van der Waals surface area contributed by atoms with Crippen molar-refractivity contribution in [3.63, 3.8) is 0 Å². The van der Waals surface area contributed by atoms with Crippen LogP contribution in [0.3, 0.4) is 0 Å². The van der Waals surface area contributed by atoms with Crippen LogP contribution in [0.4, 0.5) is 5.69 Å². The number of hydrogen-bond donors (Lipinski definition) is 1. The third kappa shape index (κ3) is 3.71. The van der Waals surface area contributed by atoms with Crippen LogP contribution >= 0.6 is 0 Å². The summed E-state index contributed by atoms with van der Waals surface area (Å²) in [5, 5.41) is 4.44. The lowest BCUT2D eigenvalue weighted by Gasteiger charge is -2.52. The monoisotopic (exact) mass is 556 g/mol. The zero-order chi connectivity index (χ0) is 28.8. The quantitative estimate of drug-likeness (QED) is 0.200. The average molecular weight is 557 g/mol. The molecule has 3 aliphatic carbocycles. The zero-order valence-electron chi connectivity index (χ0n) is 22.9. The standard InChI is InChI=1S/C34H28N4O4/c1-2-18-42-23-15-13-22(14-16-23)38-32(40)29-28-24-9-3-5-11-26(24)34(30(29)33(38)41,27-12-6-4-10-25(27)28)20-36-37-31(39)21-8-7-17-35-19-21/h3-17,19-20,28-30H,2,18H2,1H3,(H,37,39)/b36-20-/t28?,29-,30-,34?/m0/s1. The van der Waals surface area contributed by atoms with Gasteiger partial charge >= 0.3 is 0 Å². The van der Waals surface area contributed by atoms with Crippen molar-refractivity contribution in [2.24, 2.45) is 16.9 Å². The van der Waals surface area contributed by atoms with Crippen molar-refractivity contribution in [3.05, 3.63) is 125 Å². The van der Waals surface area contributed by atoms with Crippen LogP contribution in [0.1, 0.15) is 51.9 Å². The SMILES string of the molecule is CCCOc1ccc(N2C(=O)[C@@H]3[C@@H](C2=O)C2c4ccccc4C3(/C=N\NC(=O)c3cccnc3)c3ccccc32)cc1. The van der Waals surface area contributed by atoms with Gasteiger partial charge in [0.2, 0.25) is 11.8 Å². The maximum Gasteiger partial charge on any atom is 0.272 e. The van der Waals surface area contributed by atoms with Gasteiger partial charge in [0, 0.05) is 24.5 Å². The van der Waals surface area contributed by atoms with Crippen LogP contribution in [0, 0.1) is 11.8 Å². The van der Waals surface area contributed by atoms with E-state index in [0.29, 0.717) is 23.6 Å². The molecule has 2 bridgehead atoms. The minimum absolute atomic E-state index is 0.238. The number of hydrogen-bond acceptors (Lipinski definition) is 6. The molecular formula is C34H28N4O4. The molecule has 1 aromatic heterocycles. The van der Waals surface area contributed by atoms with Gasteiger partial charge in [-0.3, -0.25) is 19.4 Å². The van der Waals surface area contributed by atoms with Crippen LogP contribution in [0.25, 0.3) is 0 Å². The summed E-state index contributed by atoms with van der Waals surface area (Å²) in [5.74, 6) is -1.90. The number of nitrogens with one attached hydrogen (secondary N) is 1. The van der Waals surface area contributed by atoms with Crippen molar-refractivity contribution < 1.29 is 19.1 Å². The minimum atomic E-state index is -1.07. The predicted molar refractivity (Wildman–Crippen MR) is 157 cm³/mol. The molecule has 1 saturated heterocycles. The minimum Gasteiger partial charge on any atom is -0.494 e. The summed E-state index contributed by atoms with van der Waals surface area (Å²) in [6.45, 7) is 2.62. The first kappa shape index (κ1) is 25.8. The Morgan fingerprint density at radius 3 is 2.29 bits per heavy atom. The fraction of sp³-hybridized carbons (Fsp3) is 0.206. The van der Waals surface area contributed by atoms with Gasteiger partial charge in [0.1, 0.15) is 5.75 Å². The first-order valence-corrected chi connectivity index (χ1v) is 14.1. The molecule has 8 nitrogen and oxygen atoms in total. The molecule has 1 fully saturated rings. The van der Waals surface area contributed by atoms with E-state index in [2.05, 4.69) is 15.5 Å². The molecule has 2 heterocycles. The highest BCUT2D eigenvalue weighted by Gasteiger charge is 2.68. The summed E-state index contributed by atoms with van der Waals surface area (Å²) in [4.78, 5) is 46.9. The molecule has 4 aromatic rings. The van der Waals surface area contributed by atoms with E-state index in [1.807, 2.05) is 55.5 Å². The van der Waals surface area contributed by atoms with Crippen LogP contribution in [0.2, 0.25) is 0 Å². The molecule has 1 aliphatic heterocycles. The molecule has 3 aromatic carbocycles. The Morgan fingerprint density at radius 2 is 1.64 bits per heavy atom. The molecule has 4 aliphatic rings. The second-order valence-corrected chi connectivity index (χ2v) is 10.8. The number of carbonyl (C=O) groups excluding carboxylic acids is 3. The molecule has 8 heteroatoms. The first-order valence-electron chi connectivity index (χ1n) is 14.1. The van der Waals surface area contributed by atoms with Crippen molar-refractivity contribution in [1.29, 1.82) is 0 Å². The van der Waals surface area contributed by atoms with Gasteiger partial charge in [0.25, 0.3) is 5.91 Å². The number of hydrazone groups is 1. The highest BCUT2D eigenvalue weighted by Crippen LogP contribution is 2.63. The summed E-state index contributed by atoms with van der Waals surface area (Å²) >= 11 is 0. The Hall–Kier alpha value is -5.11. The Kier molecular flexibility index (Phi) is 6.19. The van der Waals surface area contributed by atoms with E-state index in [1.165, 1.54) is 11.1 Å². The summed E-state index contributed by atoms with van der Waals surface area (Å²) in [6.07, 6.45) is 5.59. The Morgan fingerprint density at radius 1 is 0.952 bits per heavy atom. The number of rotatable bonds is 7. The molecule has 0 saturated carbocycles. The predicted octanol–water partition coefficient (Wildman–Crippen LogP) is 4.84. The number of amides is 3. The number of carbonyl (C=O) groups is 3. The van der Waals surface area contributed by atoms with Gasteiger partial charge in [-0.1, -0.05) is 55.5 Å². The van der Waals surface area contributed by atoms with E-state index in [4.69, 9.17) is 4.74 Å². The summed E-state index contributed by atoms with van der Waals surface area (Å²) < 4.78 is 5.72. The highest BCUT2D eigenvalue weighted by atomic mass is 16.5. The second kappa shape index (κ2) is 10.1. The van der Waals surface area contributed by atoms with Gasteiger partial charge in [-0.05, 0) is 65.1 Å². The summed E-state index contributed by atoms with van der Waals surface area (Å²) in [7, 11) is 0. The van der Waals surface area contributed by atoms with E-state index >= 15 is 0 Å². The van der Waals surface area contributed by atoms with Crippen molar-refractivity contribution in [3.8, 4) is 5.75 Å². The number of pyridine rings is 1. The van der Waals surface area contributed by atoms with Gasteiger partial charge in [-0.25, -0.2) is 10.3 Å². The van der Waals surface area contributed by atoms with Crippen molar-refractivity contribution in [2.75, 3.05) is 11.5 Å². The van der Waals surface area contributed by atoms with Gasteiger partial charge in [-0.2, -0.15) is 5.10 Å². The Bertz CT molecular complexity index is 1690. The smallest absolute Gasteiger partial charge is 0.272 e. The lowest BCUT2D eigenvalue weighted by Crippen LogP contribution is -2.54. The summed E-state index contributed by atoms with van der Waals surface area (Å²) in [5.41, 5.74) is 6.25. The van der Waals surface area contributed by atoms with Crippen LogP contribution in [-0.2, 0) is 15.0 Å². The Balaban J connectivity index is 1.35. The molecule has 2 atom stereocenters. The van der Waals surface area contributed by atoms with E-state index < -0.39 is 23.2 Å². The lowest BCUT2D eigenvalue weighted by molar-refractivity contribution is -0.122. The molecule has 1 N–H and O–H groups in total. The van der Waals surface area contributed by atoms with Gasteiger partial charge in [0.15, 0.2) is 0 Å². The molecular weight excluding hydrogens is 528 g/mol. The fourth-order valence-corrected chi connectivity index (χ4v) is 6.97. The topological polar surface area (TPSA) is 101 Å². The van der Waals surface area contributed by atoms with Crippen LogP contribution in [0.5, 0.6) is 5.75 Å². The fourth-order valence-electron chi connectivity index (χ4n) is 6.97. The number of anilines is 1. The molecule has 0 spiro atoms. The third-order valence-electron chi connectivity index (χ3n) is 8.61. The Labute approximate surface area is 243 Å². The molecule has 3 amide bonds. The van der Waals surface area contributed by atoms with E-state index in [-0.39, 0.29) is 17.7 Å². The zero-order valence-corrected chi connectivity index (χ0v) is 22.9. The lowest BCUT2D eigenvalue weighted by atomic mass is 9.47. The van der Waals surface area contributed by atoms with Gasteiger partial charge < -0.3 is 4.74 Å². The van der Waals surface area contributed by atoms with Crippen molar-refractivity contribution in [2.45, 2.75) is 24.7 Å². The van der Waals surface area contributed by atoms with Crippen LogP contribution < -0.4 is 15.1 Å². The third-order valence-corrected chi connectivity index (χ3v) is 8.61. The molecule has 42 heavy (non-hydrogen) atoms. The second-order valence-electron chi connectivity index (χ2n) is 10.8. The molecule has 8 rings (SSSR count). The number of benzene rings is 3. The largest absolute Gasteiger partial charge is 0.494 e. The van der Waals surface area contributed by atoms with Crippen LogP contribution in [-0.4, -0.2) is 35.5 Å². The number of nitrogens with zero attached hydrogens (tertiary/aromatic N) is 3. The number of ether oxygens (including phenoxy) is 1.